The highest BCUT2D eigenvalue weighted by atomic mass is 16.5. The Kier molecular flexibility index (Phi) is 11.0. The third kappa shape index (κ3) is 8.84. The molecule has 5 N–H and O–H groups in total. The summed E-state index contributed by atoms with van der Waals surface area (Å²) >= 11 is 0. The molecular formula is C8H18N2O2. The lowest BCUT2D eigenvalue weighted by molar-refractivity contribution is 0.287. The van der Waals surface area contributed by atoms with Gasteiger partial charge in [-0.2, -0.15) is 0 Å². The van der Waals surface area contributed by atoms with E-state index in [0.717, 1.165) is 0 Å². The molecule has 72 valence electrons. The number of rotatable bonds is 3. The summed E-state index contributed by atoms with van der Waals surface area (Å²) in [5.41, 5.74) is 10.8. The average Bonchev–Trinajstić information content (AvgIpc) is 2.16. The highest BCUT2D eigenvalue weighted by Crippen LogP contribution is 1.87. The van der Waals surface area contributed by atoms with Crippen molar-refractivity contribution in [3.63, 3.8) is 0 Å². The summed E-state index contributed by atoms with van der Waals surface area (Å²) < 4.78 is 4.60. The monoisotopic (exact) mass is 174 g/mol. The van der Waals surface area contributed by atoms with Gasteiger partial charge in [0.15, 0.2) is 5.88 Å². The molecule has 0 unspecified atom stereocenters. The van der Waals surface area contributed by atoms with Crippen molar-refractivity contribution in [2.45, 2.75) is 13.8 Å². The van der Waals surface area contributed by atoms with E-state index in [9.17, 15) is 0 Å². The van der Waals surface area contributed by atoms with Crippen molar-refractivity contribution in [2.24, 2.45) is 11.5 Å². The molecule has 0 saturated heterocycles. The Morgan fingerprint density at radius 3 is 2.17 bits per heavy atom. The fourth-order valence-electron chi connectivity index (χ4n) is 0.310. The molecule has 0 aliphatic carbocycles. The molecule has 0 aromatic carbocycles. The van der Waals surface area contributed by atoms with Crippen molar-refractivity contribution in [2.75, 3.05) is 13.7 Å². The number of allylic oxidation sites excluding steroid dienone is 2. The first-order valence-corrected chi connectivity index (χ1v) is 3.77. The first-order chi connectivity index (χ1) is 5.70. The van der Waals surface area contributed by atoms with E-state index in [0.29, 0.717) is 5.70 Å². The van der Waals surface area contributed by atoms with Gasteiger partial charge in [0.25, 0.3) is 0 Å². The quantitative estimate of drug-likeness (QED) is 0.424. The van der Waals surface area contributed by atoms with Crippen LogP contribution in [-0.4, -0.2) is 18.8 Å². The Morgan fingerprint density at radius 2 is 1.83 bits per heavy atom. The Bertz CT molecular complexity index is 135. The largest absolute Gasteiger partial charge is 0.483 e. The van der Waals surface area contributed by atoms with Crippen LogP contribution in [0, 0.1) is 0 Å². The second-order valence-electron chi connectivity index (χ2n) is 1.67. The van der Waals surface area contributed by atoms with Gasteiger partial charge in [-0.15, -0.1) is 0 Å². The number of hydrogen-bond donors (Lipinski definition) is 3. The molecule has 0 heterocycles. The summed E-state index contributed by atoms with van der Waals surface area (Å²) in [5, 5.41) is 8.42. The Balaban J connectivity index is 0. The van der Waals surface area contributed by atoms with Gasteiger partial charge in [-0.1, -0.05) is 13.8 Å². The lowest BCUT2D eigenvalue weighted by Crippen LogP contribution is -2.02. The van der Waals surface area contributed by atoms with E-state index in [1.54, 1.807) is 0 Å². The summed E-state index contributed by atoms with van der Waals surface area (Å²) in [6, 6.07) is 0. The van der Waals surface area contributed by atoms with Crippen molar-refractivity contribution in [3.05, 3.63) is 23.7 Å². The van der Waals surface area contributed by atoms with Crippen molar-refractivity contribution in [1.29, 1.82) is 0 Å². The van der Waals surface area contributed by atoms with E-state index < -0.39 is 0 Å². The fourth-order valence-corrected chi connectivity index (χ4v) is 0.310. The lowest BCUT2D eigenvalue weighted by atomic mass is 10.4. The minimum absolute atomic E-state index is 0.173. The summed E-state index contributed by atoms with van der Waals surface area (Å²) in [4.78, 5) is 0. The van der Waals surface area contributed by atoms with Crippen LogP contribution in [0.3, 0.4) is 0 Å². The Labute approximate surface area is 73.5 Å². The minimum Gasteiger partial charge on any atom is -0.483 e. The highest BCUT2D eigenvalue weighted by Gasteiger charge is 1.83. The molecule has 0 amide bonds. The molecule has 0 rings (SSSR count). The van der Waals surface area contributed by atoms with Crippen LogP contribution >= 0.6 is 0 Å². The molecule has 0 bridgehead atoms. The van der Waals surface area contributed by atoms with E-state index >= 15 is 0 Å². The van der Waals surface area contributed by atoms with Crippen LogP contribution < -0.4 is 11.5 Å². The molecule has 0 aliphatic heterocycles. The van der Waals surface area contributed by atoms with E-state index in [1.165, 1.54) is 19.3 Å². The molecule has 0 aromatic heterocycles. The molecule has 0 saturated carbocycles. The SMILES string of the molecule is CC.CO/C(N)=C/C=C(\N)CO. The van der Waals surface area contributed by atoms with E-state index in [4.69, 9.17) is 16.6 Å². The zero-order chi connectivity index (χ0) is 9.98. The third-order valence-corrected chi connectivity index (χ3v) is 0.880. The highest BCUT2D eigenvalue weighted by molar-refractivity contribution is 5.11. The van der Waals surface area contributed by atoms with Gasteiger partial charge in [0, 0.05) is 5.70 Å². The molecular weight excluding hydrogens is 156 g/mol. The predicted octanol–water partition coefficient (Wildman–Crippen LogP) is 0.294. The molecule has 0 fully saturated rings. The number of nitrogens with two attached hydrogens (primary N) is 2. The van der Waals surface area contributed by atoms with E-state index in [1.807, 2.05) is 13.8 Å². The van der Waals surface area contributed by atoms with Crippen LogP contribution in [0.25, 0.3) is 0 Å². The minimum atomic E-state index is -0.173. The Morgan fingerprint density at radius 1 is 1.33 bits per heavy atom. The van der Waals surface area contributed by atoms with Crippen LogP contribution in [0.4, 0.5) is 0 Å². The first-order valence-electron chi connectivity index (χ1n) is 3.77. The van der Waals surface area contributed by atoms with Gasteiger partial charge < -0.3 is 21.3 Å². The fraction of sp³-hybridized carbons (Fsp3) is 0.500. The topological polar surface area (TPSA) is 81.5 Å². The molecule has 0 aliphatic rings. The van der Waals surface area contributed by atoms with Crippen LogP contribution in [0.5, 0.6) is 0 Å². The van der Waals surface area contributed by atoms with Gasteiger partial charge in [0.05, 0.1) is 13.7 Å². The smallest absolute Gasteiger partial charge is 0.183 e. The molecule has 0 spiro atoms. The molecule has 12 heavy (non-hydrogen) atoms. The number of hydrogen-bond acceptors (Lipinski definition) is 4. The summed E-state index contributed by atoms with van der Waals surface area (Å²) in [6.07, 6.45) is 2.96. The lowest BCUT2D eigenvalue weighted by Gasteiger charge is -1.95. The molecule has 4 heteroatoms. The Hall–Kier alpha value is -1.16. The van der Waals surface area contributed by atoms with Gasteiger partial charge in [-0.05, 0) is 12.2 Å². The van der Waals surface area contributed by atoms with Gasteiger partial charge in [0.2, 0.25) is 0 Å². The number of methoxy groups -OCH3 is 1. The average molecular weight is 174 g/mol. The van der Waals surface area contributed by atoms with Crippen molar-refractivity contribution in [1.82, 2.24) is 0 Å². The van der Waals surface area contributed by atoms with Crippen LogP contribution in [-0.2, 0) is 4.74 Å². The molecule has 0 atom stereocenters. The molecule has 0 radical (unpaired) electrons. The number of aliphatic hydroxyl groups is 1. The van der Waals surface area contributed by atoms with Crippen LogP contribution in [0.1, 0.15) is 13.8 Å². The van der Waals surface area contributed by atoms with Gasteiger partial charge in [0.1, 0.15) is 0 Å². The summed E-state index contributed by atoms with van der Waals surface area (Å²) in [5.74, 6) is 0.261. The van der Waals surface area contributed by atoms with Crippen LogP contribution in [0.2, 0.25) is 0 Å². The van der Waals surface area contributed by atoms with Gasteiger partial charge in [-0.3, -0.25) is 0 Å². The molecule has 0 aromatic rings. The van der Waals surface area contributed by atoms with Crippen LogP contribution in [0.15, 0.2) is 23.7 Å². The number of ether oxygens (including phenoxy) is 1. The summed E-state index contributed by atoms with van der Waals surface area (Å²) in [7, 11) is 1.45. The van der Waals surface area contributed by atoms with E-state index in [2.05, 4.69) is 4.74 Å². The van der Waals surface area contributed by atoms with Gasteiger partial charge in [-0.25, -0.2) is 0 Å². The maximum atomic E-state index is 8.42. The van der Waals surface area contributed by atoms with Crippen molar-refractivity contribution >= 4 is 0 Å². The van der Waals surface area contributed by atoms with Gasteiger partial charge >= 0.3 is 0 Å². The summed E-state index contributed by atoms with van der Waals surface area (Å²) in [6.45, 7) is 3.83. The zero-order valence-corrected chi connectivity index (χ0v) is 7.87. The van der Waals surface area contributed by atoms with Crippen molar-refractivity contribution < 1.29 is 9.84 Å². The standard InChI is InChI=1S/C6H12N2O2.C2H6/c1-10-6(8)3-2-5(7)4-9;1-2/h2-3,9H,4,7-8H2,1H3;1-2H3/b5-2-,6-3+;. The number of aliphatic hydroxyl groups excluding tert-OH is 1. The normalized spacial score (nSPS) is 11.7. The predicted molar refractivity (Wildman–Crippen MR) is 50.0 cm³/mol. The third-order valence-electron chi connectivity index (χ3n) is 0.880. The maximum Gasteiger partial charge on any atom is 0.183 e. The second kappa shape index (κ2) is 9.84. The maximum absolute atomic E-state index is 8.42. The zero-order valence-electron chi connectivity index (χ0n) is 7.87. The van der Waals surface area contributed by atoms with E-state index in [-0.39, 0.29) is 12.5 Å². The first kappa shape index (κ1) is 13.4. The van der Waals surface area contributed by atoms with Crippen molar-refractivity contribution in [3.8, 4) is 0 Å². The molecule has 4 nitrogen and oxygen atoms in total. The second-order valence-corrected chi connectivity index (χ2v) is 1.67.